The van der Waals surface area contributed by atoms with E-state index in [1.807, 2.05) is 18.2 Å². The normalized spacial score (nSPS) is 13.1. The predicted octanol–water partition coefficient (Wildman–Crippen LogP) is 4.41. The van der Waals surface area contributed by atoms with Crippen molar-refractivity contribution in [3.8, 4) is 0 Å². The molecule has 18 heavy (non-hydrogen) atoms. The average molecular weight is 266 g/mol. The second-order valence-electron chi connectivity index (χ2n) is 4.76. The quantitative estimate of drug-likeness (QED) is 0.837. The Morgan fingerprint density at radius 1 is 1.39 bits per heavy atom. The largest absolute Gasteiger partial charge is 0.460 e. The highest BCUT2D eigenvalue weighted by Gasteiger charge is 2.08. The monoisotopic (exact) mass is 265 g/mol. The first kappa shape index (κ1) is 13.4. The Hall–Kier alpha value is -0.990. The summed E-state index contributed by atoms with van der Waals surface area (Å²) in [4.78, 5) is 0. The molecule has 2 aromatic rings. The number of hydrogen-bond acceptors (Lipinski definition) is 2. The van der Waals surface area contributed by atoms with E-state index in [1.54, 1.807) is 0 Å². The van der Waals surface area contributed by atoms with Crippen molar-refractivity contribution in [1.29, 1.82) is 0 Å². The number of para-hydroxylation sites is 1. The summed E-state index contributed by atoms with van der Waals surface area (Å²) < 4.78 is 5.79. The van der Waals surface area contributed by atoms with Gasteiger partial charge in [-0.15, -0.1) is 0 Å². The molecule has 0 saturated carbocycles. The van der Waals surface area contributed by atoms with Crippen LogP contribution in [-0.4, -0.2) is 12.6 Å². The van der Waals surface area contributed by atoms with Crippen molar-refractivity contribution in [3.63, 3.8) is 0 Å². The zero-order chi connectivity index (χ0) is 13.0. The van der Waals surface area contributed by atoms with Gasteiger partial charge < -0.3 is 9.73 Å². The maximum Gasteiger partial charge on any atom is 0.152 e. The smallest absolute Gasteiger partial charge is 0.152 e. The van der Waals surface area contributed by atoms with Crippen molar-refractivity contribution in [2.75, 3.05) is 6.54 Å². The van der Waals surface area contributed by atoms with E-state index in [1.165, 1.54) is 6.42 Å². The van der Waals surface area contributed by atoms with Gasteiger partial charge in [-0.1, -0.05) is 30.7 Å². The van der Waals surface area contributed by atoms with Gasteiger partial charge in [0.1, 0.15) is 5.76 Å². The second kappa shape index (κ2) is 6.26. The predicted molar refractivity (Wildman–Crippen MR) is 77.3 cm³/mol. The van der Waals surface area contributed by atoms with E-state index in [0.717, 1.165) is 36.1 Å². The van der Waals surface area contributed by atoms with E-state index >= 15 is 0 Å². The number of rotatable bonds is 6. The Bertz CT molecular complexity index is 506. The molecule has 1 atom stereocenters. The first-order valence-corrected chi connectivity index (χ1v) is 6.99. The van der Waals surface area contributed by atoms with Gasteiger partial charge in [0.25, 0.3) is 0 Å². The zero-order valence-electron chi connectivity index (χ0n) is 11.0. The molecule has 1 N–H and O–H groups in total. The van der Waals surface area contributed by atoms with Gasteiger partial charge in [0.05, 0.1) is 5.02 Å². The van der Waals surface area contributed by atoms with E-state index in [9.17, 15) is 0 Å². The van der Waals surface area contributed by atoms with Crippen LogP contribution in [-0.2, 0) is 6.42 Å². The van der Waals surface area contributed by atoms with E-state index in [-0.39, 0.29) is 0 Å². The maximum atomic E-state index is 6.10. The van der Waals surface area contributed by atoms with Crippen LogP contribution in [0.1, 0.15) is 32.4 Å². The third kappa shape index (κ3) is 3.27. The number of fused-ring (bicyclic) bond motifs is 1. The van der Waals surface area contributed by atoms with Gasteiger partial charge in [-0.05, 0) is 38.4 Å². The lowest BCUT2D eigenvalue weighted by molar-refractivity contribution is 0.475. The van der Waals surface area contributed by atoms with Gasteiger partial charge in [-0.25, -0.2) is 0 Å². The molecule has 2 rings (SSSR count). The minimum Gasteiger partial charge on any atom is -0.460 e. The highest BCUT2D eigenvalue weighted by molar-refractivity contribution is 6.34. The molecule has 3 heteroatoms. The molecule has 0 aliphatic rings. The summed E-state index contributed by atoms with van der Waals surface area (Å²) in [5, 5.41) is 5.26. The Morgan fingerprint density at radius 2 is 2.22 bits per heavy atom. The summed E-state index contributed by atoms with van der Waals surface area (Å²) >= 11 is 6.10. The zero-order valence-corrected chi connectivity index (χ0v) is 11.8. The summed E-state index contributed by atoms with van der Waals surface area (Å²) in [6.07, 6.45) is 3.20. The lowest BCUT2D eigenvalue weighted by Crippen LogP contribution is -2.26. The number of furan rings is 1. The molecule has 0 fully saturated rings. The third-order valence-electron chi connectivity index (χ3n) is 3.11. The fraction of sp³-hybridized carbons (Fsp3) is 0.467. The van der Waals surface area contributed by atoms with Crippen molar-refractivity contribution in [1.82, 2.24) is 5.32 Å². The first-order chi connectivity index (χ1) is 8.70. The van der Waals surface area contributed by atoms with Crippen molar-refractivity contribution in [2.45, 2.75) is 39.2 Å². The summed E-state index contributed by atoms with van der Waals surface area (Å²) in [6.45, 7) is 5.47. The highest BCUT2D eigenvalue weighted by Crippen LogP contribution is 2.27. The number of nitrogens with one attached hydrogen (secondary N) is 1. The fourth-order valence-electron chi connectivity index (χ4n) is 2.06. The highest BCUT2D eigenvalue weighted by atomic mass is 35.5. The molecule has 0 saturated heterocycles. The van der Waals surface area contributed by atoms with Gasteiger partial charge in [-0.3, -0.25) is 0 Å². The summed E-state index contributed by atoms with van der Waals surface area (Å²) in [6, 6.07) is 8.47. The number of halogens is 1. The summed E-state index contributed by atoms with van der Waals surface area (Å²) in [7, 11) is 0. The van der Waals surface area contributed by atoms with Crippen LogP contribution in [0.25, 0.3) is 11.0 Å². The molecule has 0 radical (unpaired) electrons. The van der Waals surface area contributed by atoms with E-state index in [4.69, 9.17) is 16.0 Å². The standard InChI is InChI=1S/C15H20ClNO/c1-3-9-17-11(2)7-8-13-10-12-5-4-6-14(16)15(12)18-13/h4-6,10-11,17H,3,7-9H2,1-2H3. The van der Waals surface area contributed by atoms with Gasteiger partial charge >= 0.3 is 0 Å². The van der Waals surface area contributed by atoms with Gasteiger partial charge in [0, 0.05) is 17.8 Å². The third-order valence-corrected chi connectivity index (χ3v) is 3.41. The van der Waals surface area contributed by atoms with Crippen molar-refractivity contribution in [2.24, 2.45) is 0 Å². The molecule has 0 spiro atoms. The Labute approximate surface area is 113 Å². The first-order valence-electron chi connectivity index (χ1n) is 6.61. The van der Waals surface area contributed by atoms with Crippen LogP contribution >= 0.6 is 11.6 Å². The van der Waals surface area contributed by atoms with Crippen LogP contribution in [0.5, 0.6) is 0 Å². The van der Waals surface area contributed by atoms with Crippen molar-refractivity contribution in [3.05, 3.63) is 35.0 Å². The molecule has 2 nitrogen and oxygen atoms in total. The maximum absolute atomic E-state index is 6.10. The minimum absolute atomic E-state index is 0.522. The molecule has 0 aliphatic carbocycles. The van der Waals surface area contributed by atoms with E-state index < -0.39 is 0 Å². The Kier molecular flexibility index (Phi) is 4.67. The summed E-state index contributed by atoms with van der Waals surface area (Å²) in [5.74, 6) is 1.02. The molecule has 1 aromatic heterocycles. The average Bonchev–Trinajstić information content (AvgIpc) is 2.78. The fourth-order valence-corrected chi connectivity index (χ4v) is 2.28. The van der Waals surface area contributed by atoms with Crippen molar-refractivity contribution >= 4 is 22.6 Å². The van der Waals surface area contributed by atoms with E-state index in [2.05, 4.69) is 25.2 Å². The molecule has 1 heterocycles. The van der Waals surface area contributed by atoms with Crippen LogP contribution in [0.3, 0.4) is 0 Å². The van der Waals surface area contributed by atoms with Crippen LogP contribution in [0, 0.1) is 0 Å². The van der Waals surface area contributed by atoms with Crippen molar-refractivity contribution < 1.29 is 4.42 Å². The number of aryl methyl sites for hydroxylation is 1. The lowest BCUT2D eigenvalue weighted by Gasteiger charge is -2.11. The molecule has 1 unspecified atom stereocenters. The molecule has 98 valence electrons. The van der Waals surface area contributed by atoms with E-state index in [0.29, 0.717) is 11.1 Å². The molecular weight excluding hydrogens is 246 g/mol. The molecule has 0 amide bonds. The lowest BCUT2D eigenvalue weighted by atomic mass is 10.1. The molecule has 0 bridgehead atoms. The Morgan fingerprint density at radius 3 is 2.94 bits per heavy atom. The summed E-state index contributed by atoms with van der Waals surface area (Å²) in [5.41, 5.74) is 0.809. The topological polar surface area (TPSA) is 25.2 Å². The van der Waals surface area contributed by atoms with Crippen LogP contribution in [0.2, 0.25) is 5.02 Å². The van der Waals surface area contributed by atoms with Crippen LogP contribution < -0.4 is 5.32 Å². The molecule has 0 aliphatic heterocycles. The second-order valence-corrected chi connectivity index (χ2v) is 5.17. The minimum atomic E-state index is 0.522. The van der Waals surface area contributed by atoms with Crippen LogP contribution in [0.15, 0.2) is 28.7 Å². The van der Waals surface area contributed by atoms with Gasteiger partial charge in [-0.2, -0.15) is 0 Å². The van der Waals surface area contributed by atoms with Gasteiger partial charge in [0.15, 0.2) is 5.58 Å². The van der Waals surface area contributed by atoms with Gasteiger partial charge in [0.2, 0.25) is 0 Å². The Balaban J connectivity index is 1.98. The number of benzene rings is 1. The molecular formula is C15H20ClNO. The molecule has 1 aromatic carbocycles. The van der Waals surface area contributed by atoms with Crippen LogP contribution in [0.4, 0.5) is 0 Å². The SMILES string of the molecule is CCCNC(C)CCc1cc2cccc(Cl)c2o1. The number of hydrogen-bond donors (Lipinski definition) is 1.